The molecule has 2 amide bonds. The summed E-state index contributed by atoms with van der Waals surface area (Å²) >= 11 is 0. The lowest BCUT2D eigenvalue weighted by atomic mass is 10.2. The number of nitrogens with zero attached hydrogens (tertiary/aromatic N) is 3. The molecule has 0 aliphatic carbocycles. The number of likely N-dealkylation sites (N-methyl/N-ethyl adjacent to an activating group) is 1. The third-order valence-electron chi connectivity index (χ3n) is 4.11. The number of aliphatic hydroxyl groups excluding tert-OH is 1. The monoisotopic (exact) mass is 356 g/mol. The maximum atomic E-state index is 12.0. The van der Waals surface area contributed by atoms with E-state index in [2.05, 4.69) is 15.5 Å². The summed E-state index contributed by atoms with van der Waals surface area (Å²) in [4.78, 5) is 29.1. The molecule has 2 N–H and O–H groups in total. The van der Waals surface area contributed by atoms with Crippen LogP contribution < -0.4 is 5.32 Å². The zero-order valence-corrected chi connectivity index (χ0v) is 14.4. The highest BCUT2D eigenvalue weighted by Crippen LogP contribution is 2.16. The third-order valence-corrected chi connectivity index (χ3v) is 4.11. The highest BCUT2D eigenvalue weighted by molar-refractivity contribution is 6.06. The first-order valence-corrected chi connectivity index (χ1v) is 8.40. The van der Waals surface area contributed by atoms with Crippen molar-refractivity contribution in [2.45, 2.75) is 19.3 Å². The molecule has 8 heteroatoms. The van der Waals surface area contributed by atoms with Crippen molar-refractivity contribution in [3.8, 4) is 11.4 Å². The van der Waals surface area contributed by atoms with Gasteiger partial charge in [-0.1, -0.05) is 35.5 Å². The first-order valence-electron chi connectivity index (χ1n) is 8.40. The van der Waals surface area contributed by atoms with Gasteiger partial charge in [0.1, 0.15) is 0 Å². The van der Waals surface area contributed by atoms with E-state index in [1.165, 1.54) is 11.9 Å². The van der Waals surface area contributed by atoms with Crippen molar-refractivity contribution >= 4 is 11.8 Å². The largest absolute Gasteiger partial charge is 0.503 e. The number of hydrogen-bond acceptors (Lipinski definition) is 6. The number of carbonyl (C=O) groups is 2. The van der Waals surface area contributed by atoms with Gasteiger partial charge in [0, 0.05) is 25.6 Å². The predicted molar refractivity (Wildman–Crippen MR) is 93.0 cm³/mol. The van der Waals surface area contributed by atoms with Crippen LogP contribution >= 0.6 is 0 Å². The quantitative estimate of drug-likeness (QED) is 0.727. The molecule has 1 aromatic heterocycles. The SMILES string of the molecule is CN1CC(C(=O)NCCCCc2nc(-c3ccccc3)no2)=C(O)C1=O. The van der Waals surface area contributed by atoms with E-state index in [9.17, 15) is 14.7 Å². The van der Waals surface area contributed by atoms with E-state index in [0.29, 0.717) is 31.1 Å². The van der Waals surface area contributed by atoms with Crippen LogP contribution in [-0.2, 0) is 16.0 Å². The van der Waals surface area contributed by atoms with Gasteiger partial charge in [0.2, 0.25) is 11.7 Å². The molecule has 0 radical (unpaired) electrons. The van der Waals surface area contributed by atoms with Crippen LogP contribution in [0.2, 0.25) is 0 Å². The molecule has 1 aliphatic rings. The molecule has 3 rings (SSSR count). The van der Waals surface area contributed by atoms with Crippen LogP contribution in [0.5, 0.6) is 0 Å². The fourth-order valence-electron chi connectivity index (χ4n) is 2.64. The lowest BCUT2D eigenvalue weighted by molar-refractivity contribution is -0.126. The summed E-state index contributed by atoms with van der Waals surface area (Å²) in [5.41, 5.74) is 1.01. The van der Waals surface area contributed by atoms with Crippen LogP contribution in [0.15, 0.2) is 46.2 Å². The van der Waals surface area contributed by atoms with Crippen molar-refractivity contribution in [3.63, 3.8) is 0 Å². The van der Waals surface area contributed by atoms with Crippen LogP contribution in [0.25, 0.3) is 11.4 Å². The molecule has 0 saturated heterocycles. The number of unbranched alkanes of at least 4 members (excludes halogenated alkanes) is 1. The Morgan fingerprint density at radius 3 is 2.77 bits per heavy atom. The molecule has 2 heterocycles. The van der Waals surface area contributed by atoms with Gasteiger partial charge < -0.3 is 19.8 Å². The summed E-state index contributed by atoms with van der Waals surface area (Å²) in [5.74, 6) is -0.292. The fourth-order valence-corrected chi connectivity index (χ4v) is 2.64. The average Bonchev–Trinajstić information content (AvgIpc) is 3.23. The van der Waals surface area contributed by atoms with Gasteiger partial charge in [-0.25, -0.2) is 0 Å². The van der Waals surface area contributed by atoms with Gasteiger partial charge in [-0.15, -0.1) is 0 Å². The second-order valence-corrected chi connectivity index (χ2v) is 6.08. The van der Waals surface area contributed by atoms with Gasteiger partial charge in [0.15, 0.2) is 5.76 Å². The van der Waals surface area contributed by atoms with E-state index >= 15 is 0 Å². The molecular formula is C18H20N4O4. The predicted octanol–water partition coefficient (Wildman–Crippen LogP) is 1.46. The minimum atomic E-state index is -0.527. The molecule has 0 atom stereocenters. The summed E-state index contributed by atoms with van der Waals surface area (Å²) in [5, 5.41) is 16.3. The highest BCUT2D eigenvalue weighted by Gasteiger charge is 2.31. The van der Waals surface area contributed by atoms with E-state index in [1.807, 2.05) is 30.3 Å². The molecule has 8 nitrogen and oxygen atoms in total. The smallest absolute Gasteiger partial charge is 0.289 e. The first-order chi connectivity index (χ1) is 12.6. The van der Waals surface area contributed by atoms with Gasteiger partial charge in [0.25, 0.3) is 11.8 Å². The van der Waals surface area contributed by atoms with E-state index in [4.69, 9.17) is 4.52 Å². The molecule has 2 aromatic rings. The number of amides is 2. The van der Waals surface area contributed by atoms with E-state index in [0.717, 1.165) is 12.0 Å². The minimum absolute atomic E-state index is 0.113. The molecule has 0 spiro atoms. The number of hydrogen-bond donors (Lipinski definition) is 2. The van der Waals surface area contributed by atoms with Crippen LogP contribution in [0, 0.1) is 0 Å². The Balaban J connectivity index is 1.41. The fraction of sp³-hybridized carbons (Fsp3) is 0.333. The highest BCUT2D eigenvalue weighted by atomic mass is 16.5. The summed E-state index contributed by atoms with van der Waals surface area (Å²) in [7, 11) is 1.53. The topological polar surface area (TPSA) is 109 Å². The lowest BCUT2D eigenvalue weighted by Crippen LogP contribution is -2.29. The normalized spacial score (nSPS) is 14.2. The zero-order chi connectivity index (χ0) is 18.5. The second kappa shape index (κ2) is 7.81. The summed E-state index contributed by atoms with van der Waals surface area (Å²) in [6.45, 7) is 0.563. The van der Waals surface area contributed by atoms with Gasteiger partial charge in [-0.3, -0.25) is 9.59 Å². The summed E-state index contributed by atoms with van der Waals surface area (Å²) in [6.07, 6.45) is 2.10. The number of nitrogens with one attached hydrogen (secondary N) is 1. The molecule has 26 heavy (non-hydrogen) atoms. The van der Waals surface area contributed by atoms with Crippen LogP contribution in [0.3, 0.4) is 0 Å². The Bertz CT molecular complexity index is 829. The Morgan fingerprint density at radius 1 is 1.31 bits per heavy atom. The zero-order valence-electron chi connectivity index (χ0n) is 14.4. The summed E-state index contributed by atoms with van der Waals surface area (Å²) in [6, 6.07) is 9.58. The molecule has 0 saturated carbocycles. The molecule has 0 unspecified atom stereocenters. The number of aryl methyl sites for hydroxylation is 1. The van der Waals surface area contributed by atoms with E-state index in [1.54, 1.807) is 0 Å². The number of aromatic nitrogens is 2. The van der Waals surface area contributed by atoms with Gasteiger partial charge in [0.05, 0.1) is 12.1 Å². The van der Waals surface area contributed by atoms with E-state index in [-0.39, 0.29) is 12.1 Å². The minimum Gasteiger partial charge on any atom is -0.503 e. The van der Waals surface area contributed by atoms with Crippen LogP contribution in [0.4, 0.5) is 0 Å². The molecule has 0 fully saturated rings. The third kappa shape index (κ3) is 3.90. The van der Waals surface area contributed by atoms with Crippen molar-refractivity contribution in [1.82, 2.24) is 20.4 Å². The number of carbonyl (C=O) groups excluding carboxylic acids is 2. The van der Waals surface area contributed by atoms with Crippen LogP contribution in [-0.4, -0.2) is 52.1 Å². The summed E-state index contributed by atoms with van der Waals surface area (Å²) < 4.78 is 5.23. The van der Waals surface area contributed by atoms with Crippen molar-refractivity contribution < 1.29 is 19.2 Å². The number of rotatable bonds is 7. The number of aliphatic hydroxyl groups is 1. The Labute approximate surface area is 150 Å². The molecule has 0 bridgehead atoms. The molecule has 1 aromatic carbocycles. The van der Waals surface area contributed by atoms with Crippen molar-refractivity contribution in [1.29, 1.82) is 0 Å². The van der Waals surface area contributed by atoms with Crippen molar-refractivity contribution in [2.24, 2.45) is 0 Å². The van der Waals surface area contributed by atoms with Gasteiger partial charge >= 0.3 is 0 Å². The lowest BCUT2D eigenvalue weighted by Gasteiger charge is -2.07. The molecular weight excluding hydrogens is 336 g/mol. The standard InChI is InChI=1S/C18H20N4O4/c1-22-11-13(15(23)18(22)25)17(24)19-10-6-5-9-14-20-16(21-26-14)12-7-3-2-4-8-12/h2-4,7-8,23H,5-6,9-11H2,1H3,(H,19,24). The maximum Gasteiger partial charge on any atom is 0.289 e. The van der Waals surface area contributed by atoms with Gasteiger partial charge in [-0.2, -0.15) is 4.98 Å². The second-order valence-electron chi connectivity index (χ2n) is 6.08. The van der Waals surface area contributed by atoms with Crippen molar-refractivity contribution in [2.75, 3.05) is 20.1 Å². The van der Waals surface area contributed by atoms with Gasteiger partial charge in [-0.05, 0) is 12.8 Å². The Morgan fingerprint density at radius 2 is 2.08 bits per heavy atom. The Kier molecular flexibility index (Phi) is 5.31. The molecule has 1 aliphatic heterocycles. The number of benzene rings is 1. The van der Waals surface area contributed by atoms with Crippen molar-refractivity contribution in [3.05, 3.63) is 47.6 Å². The van der Waals surface area contributed by atoms with E-state index < -0.39 is 17.6 Å². The first kappa shape index (κ1) is 17.7. The molecule has 136 valence electrons. The maximum absolute atomic E-state index is 12.0. The Hall–Kier alpha value is -3.16. The van der Waals surface area contributed by atoms with Crippen LogP contribution in [0.1, 0.15) is 18.7 Å². The average molecular weight is 356 g/mol.